The molecule has 1 aliphatic rings. The van der Waals surface area contributed by atoms with Crippen LogP contribution in [-0.4, -0.2) is 14.4 Å². The van der Waals surface area contributed by atoms with Crippen molar-refractivity contribution in [1.82, 2.24) is 19.7 Å². The van der Waals surface area contributed by atoms with Crippen LogP contribution in [0, 0.1) is 18.8 Å². The van der Waals surface area contributed by atoms with Crippen molar-refractivity contribution >= 4 is 44.0 Å². The second kappa shape index (κ2) is 9.02. The third kappa shape index (κ3) is 3.74. The molecule has 33 heavy (non-hydrogen) atoms. The first-order valence-electron chi connectivity index (χ1n) is 10.4. The molecule has 0 aliphatic carbocycles. The van der Waals surface area contributed by atoms with E-state index in [1.807, 2.05) is 84.9 Å². The van der Waals surface area contributed by atoms with Gasteiger partial charge >= 0.3 is 20.1 Å². The standard InChI is InChI=1S/C18H10N3.C9H8N2.Ir/c1-2-8-15-12(5-1)11-16-17-13(6-3-9-19-17)14-7-4-10-20-18(14)21(15)16;1-2-4-9(5-3-1)11-7-6-10-8-11;/h1-10H;1-4,6-8,10H;/q-1;-2;+3. The van der Waals surface area contributed by atoms with E-state index in [4.69, 9.17) is 0 Å². The molecule has 0 saturated carbocycles. The summed E-state index contributed by atoms with van der Waals surface area (Å²) in [5.74, 6) is 0. The Morgan fingerprint density at radius 3 is 2.48 bits per heavy atom. The third-order valence-corrected chi connectivity index (χ3v) is 5.46. The van der Waals surface area contributed by atoms with E-state index in [9.17, 15) is 0 Å². The number of hydrogen-bond donors (Lipinski definition) is 1. The molecule has 0 saturated heterocycles. The number of fused-ring (bicyclic) bond motifs is 8. The monoisotopic (exact) mass is 605 g/mol. The summed E-state index contributed by atoms with van der Waals surface area (Å²) >= 11 is 0. The maximum absolute atomic E-state index is 4.60. The predicted octanol–water partition coefficient (Wildman–Crippen LogP) is 5.47. The van der Waals surface area contributed by atoms with Crippen LogP contribution >= 0.6 is 0 Å². The van der Waals surface area contributed by atoms with Crippen molar-refractivity contribution in [2.24, 2.45) is 0 Å². The number of benzene rings is 2. The van der Waals surface area contributed by atoms with Gasteiger partial charge in [-0.05, 0) is 47.0 Å². The largest absolute Gasteiger partial charge is 3.00 e. The molecule has 5 nitrogen and oxygen atoms in total. The molecule has 0 radical (unpaired) electrons. The Bertz CT molecular complexity index is 1590. The second-order valence-corrected chi connectivity index (χ2v) is 7.37. The first-order valence-corrected chi connectivity index (χ1v) is 10.4. The average molecular weight is 605 g/mol. The molecule has 5 heterocycles. The first-order chi connectivity index (χ1) is 15.9. The summed E-state index contributed by atoms with van der Waals surface area (Å²) in [5.41, 5.74) is 5.06. The number of nitrogens with one attached hydrogen (secondary N) is 1. The molecule has 0 bridgehead atoms. The van der Waals surface area contributed by atoms with Gasteiger partial charge in [-0.25, -0.2) is 4.98 Å². The van der Waals surface area contributed by atoms with E-state index in [2.05, 4.69) is 56.1 Å². The Morgan fingerprint density at radius 1 is 0.848 bits per heavy atom. The minimum Gasteiger partial charge on any atom is -0.521 e. The van der Waals surface area contributed by atoms with Crippen molar-refractivity contribution in [3.8, 4) is 0 Å². The van der Waals surface area contributed by atoms with Crippen LogP contribution in [0.5, 0.6) is 0 Å². The number of anilines is 1. The third-order valence-electron chi connectivity index (χ3n) is 5.46. The van der Waals surface area contributed by atoms with Gasteiger partial charge < -0.3 is 19.6 Å². The zero-order valence-corrected chi connectivity index (χ0v) is 19.8. The number of aromatic nitrogens is 3. The maximum Gasteiger partial charge on any atom is 3.00 e. The Morgan fingerprint density at radius 2 is 1.67 bits per heavy atom. The summed E-state index contributed by atoms with van der Waals surface area (Å²) in [4.78, 5) is 11.1. The van der Waals surface area contributed by atoms with Crippen LogP contribution in [0.2, 0.25) is 0 Å². The number of hydrogen-bond acceptors (Lipinski definition) is 4. The van der Waals surface area contributed by atoms with Crippen LogP contribution in [0.1, 0.15) is 0 Å². The van der Waals surface area contributed by atoms with Gasteiger partial charge in [-0.3, -0.25) is 0 Å². The van der Waals surface area contributed by atoms with E-state index in [0.29, 0.717) is 0 Å². The average Bonchev–Trinajstić information content (AvgIpc) is 3.54. The van der Waals surface area contributed by atoms with Gasteiger partial charge in [0.05, 0.1) is 0 Å². The molecule has 0 atom stereocenters. The number of para-hydroxylation sites is 2. The van der Waals surface area contributed by atoms with Crippen molar-refractivity contribution < 1.29 is 20.1 Å². The van der Waals surface area contributed by atoms with Crippen molar-refractivity contribution in [2.45, 2.75) is 0 Å². The molecule has 4 aromatic heterocycles. The molecule has 1 N–H and O–H groups in total. The molecule has 0 fully saturated rings. The summed E-state index contributed by atoms with van der Waals surface area (Å²) in [6.07, 6.45) is 7.49. The molecular formula is C27H18IrN5. The van der Waals surface area contributed by atoms with Gasteiger partial charge in [0.25, 0.3) is 0 Å². The fraction of sp³-hybridized carbons (Fsp3) is 0. The van der Waals surface area contributed by atoms with Gasteiger partial charge in [-0.15, -0.1) is 29.3 Å². The normalized spacial score (nSPS) is 12.5. The molecular weight excluding hydrogens is 587 g/mol. The number of pyridine rings is 3. The first kappa shape index (κ1) is 21.1. The summed E-state index contributed by atoms with van der Waals surface area (Å²) in [6, 6.07) is 30.8. The van der Waals surface area contributed by atoms with Gasteiger partial charge in [0.2, 0.25) is 0 Å². The van der Waals surface area contributed by atoms with Crippen molar-refractivity contribution in [3.63, 3.8) is 0 Å². The van der Waals surface area contributed by atoms with Crippen molar-refractivity contribution in [3.05, 3.63) is 116 Å². The van der Waals surface area contributed by atoms with Crippen molar-refractivity contribution in [1.29, 1.82) is 0 Å². The molecule has 6 heteroatoms. The van der Waals surface area contributed by atoms with Gasteiger partial charge in [0.15, 0.2) is 0 Å². The van der Waals surface area contributed by atoms with E-state index < -0.39 is 0 Å². The zero-order valence-electron chi connectivity index (χ0n) is 17.4. The minimum absolute atomic E-state index is 0. The van der Waals surface area contributed by atoms with Crippen LogP contribution in [0.15, 0.2) is 97.6 Å². The van der Waals surface area contributed by atoms with E-state index in [1.54, 1.807) is 0 Å². The molecule has 160 valence electrons. The Balaban J connectivity index is 0.000000162. The predicted molar refractivity (Wildman–Crippen MR) is 129 cm³/mol. The summed E-state index contributed by atoms with van der Waals surface area (Å²) < 4.78 is 2.15. The van der Waals surface area contributed by atoms with E-state index >= 15 is 0 Å². The van der Waals surface area contributed by atoms with Gasteiger partial charge in [-0.1, -0.05) is 18.2 Å². The second-order valence-electron chi connectivity index (χ2n) is 7.37. The zero-order chi connectivity index (χ0) is 21.3. The molecule has 2 aromatic carbocycles. The maximum atomic E-state index is 4.60. The molecule has 0 amide bonds. The van der Waals surface area contributed by atoms with E-state index in [1.165, 1.54) is 0 Å². The van der Waals surface area contributed by atoms with Crippen LogP contribution in [0.25, 0.3) is 38.4 Å². The van der Waals surface area contributed by atoms with Gasteiger partial charge in [0, 0.05) is 23.3 Å². The quantitative estimate of drug-likeness (QED) is 0.200. The van der Waals surface area contributed by atoms with E-state index in [-0.39, 0.29) is 20.1 Å². The Kier molecular flexibility index (Phi) is 5.78. The fourth-order valence-corrected chi connectivity index (χ4v) is 4.04. The summed E-state index contributed by atoms with van der Waals surface area (Å²) in [6.45, 7) is 1.88. The van der Waals surface area contributed by atoms with Crippen LogP contribution in [0.3, 0.4) is 0 Å². The number of rotatable bonds is 1. The molecule has 0 unspecified atom stereocenters. The SMILES string of the molecule is [Ir+3].[c-]1c2ccccc2n2c1c1ncccc1c1cccnc12.[c-]1ccccc1N1C=CN[CH-]1. The fourth-order valence-electron chi connectivity index (χ4n) is 4.04. The Labute approximate surface area is 204 Å². The van der Waals surface area contributed by atoms with Crippen LogP contribution in [0.4, 0.5) is 5.69 Å². The van der Waals surface area contributed by atoms with Crippen LogP contribution < -0.4 is 10.2 Å². The molecule has 7 rings (SSSR count). The summed E-state index contributed by atoms with van der Waals surface area (Å²) in [5, 5.41) is 6.29. The summed E-state index contributed by atoms with van der Waals surface area (Å²) in [7, 11) is 0. The van der Waals surface area contributed by atoms with E-state index in [0.717, 1.165) is 44.0 Å². The minimum atomic E-state index is 0. The van der Waals surface area contributed by atoms with Crippen molar-refractivity contribution in [2.75, 3.05) is 4.90 Å². The van der Waals surface area contributed by atoms with Gasteiger partial charge in [0.1, 0.15) is 5.65 Å². The molecule has 0 spiro atoms. The number of nitrogens with zero attached hydrogens (tertiary/aromatic N) is 4. The molecule has 6 aromatic rings. The molecule has 1 aliphatic heterocycles. The smallest absolute Gasteiger partial charge is 0.521 e. The van der Waals surface area contributed by atoms with Gasteiger partial charge in [-0.2, -0.15) is 37.0 Å². The topological polar surface area (TPSA) is 45.5 Å². The Hall–Kier alpha value is -3.73. The van der Waals surface area contributed by atoms with Crippen LogP contribution in [-0.2, 0) is 20.1 Å².